The summed E-state index contributed by atoms with van der Waals surface area (Å²) in [6.07, 6.45) is 0. The first kappa shape index (κ1) is 21.2. The molecule has 2 amide bonds. The first-order chi connectivity index (χ1) is 14.5. The minimum atomic E-state index is -0.298. The van der Waals surface area contributed by atoms with Gasteiger partial charge in [0.25, 0.3) is 11.8 Å². The van der Waals surface area contributed by atoms with Crippen molar-refractivity contribution >= 4 is 34.8 Å². The topological polar surface area (TPSA) is 76.7 Å². The van der Waals surface area contributed by atoms with Gasteiger partial charge >= 0.3 is 0 Å². The highest BCUT2D eigenvalue weighted by atomic mass is 35.5. The first-order valence-corrected chi connectivity index (χ1v) is 9.63. The summed E-state index contributed by atoms with van der Waals surface area (Å²) < 4.78 is 10.9. The van der Waals surface area contributed by atoms with Crippen molar-refractivity contribution in [3.05, 3.63) is 83.4 Å². The number of ether oxygens (including phenoxy) is 2. The SMILES string of the molecule is Cc1ccc(OCC(=O)Nc2ccc(NC(=O)COc3ccc(Cl)cc3)cc2)cc1. The van der Waals surface area contributed by atoms with Crippen LogP contribution in [0.15, 0.2) is 72.8 Å². The minimum absolute atomic E-state index is 0.0937. The largest absolute Gasteiger partial charge is 0.484 e. The van der Waals surface area contributed by atoms with E-state index >= 15 is 0 Å². The normalized spacial score (nSPS) is 10.2. The van der Waals surface area contributed by atoms with Gasteiger partial charge in [-0.05, 0) is 67.6 Å². The fourth-order valence-corrected chi connectivity index (χ4v) is 2.62. The highest BCUT2D eigenvalue weighted by Gasteiger charge is 2.06. The van der Waals surface area contributed by atoms with Gasteiger partial charge in [-0.25, -0.2) is 0 Å². The molecule has 0 saturated carbocycles. The van der Waals surface area contributed by atoms with Crippen LogP contribution in [-0.4, -0.2) is 25.0 Å². The van der Waals surface area contributed by atoms with Crippen LogP contribution < -0.4 is 20.1 Å². The molecule has 3 rings (SSSR count). The molecule has 154 valence electrons. The third kappa shape index (κ3) is 6.83. The summed E-state index contributed by atoms with van der Waals surface area (Å²) in [5, 5.41) is 6.07. The van der Waals surface area contributed by atoms with E-state index in [4.69, 9.17) is 21.1 Å². The third-order valence-corrected chi connectivity index (χ3v) is 4.28. The van der Waals surface area contributed by atoms with Gasteiger partial charge < -0.3 is 20.1 Å². The lowest BCUT2D eigenvalue weighted by molar-refractivity contribution is -0.118. The molecule has 0 heterocycles. The molecule has 0 aromatic heterocycles. The van der Waals surface area contributed by atoms with E-state index in [2.05, 4.69) is 10.6 Å². The molecule has 0 aliphatic carbocycles. The zero-order chi connectivity index (χ0) is 21.3. The summed E-state index contributed by atoms with van der Waals surface area (Å²) >= 11 is 5.81. The molecule has 0 saturated heterocycles. The van der Waals surface area contributed by atoms with E-state index in [0.29, 0.717) is 27.9 Å². The number of amides is 2. The Labute approximate surface area is 179 Å². The predicted molar refractivity (Wildman–Crippen MR) is 117 cm³/mol. The Balaban J connectivity index is 1.42. The third-order valence-electron chi connectivity index (χ3n) is 4.03. The Hall–Kier alpha value is -3.51. The van der Waals surface area contributed by atoms with Gasteiger partial charge in [0.05, 0.1) is 0 Å². The van der Waals surface area contributed by atoms with Gasteiger partial charge in [-0.15, -0.1) is 0 Å². The van der Waals surface area contributed by atoms with E-state index in [-0.39, 0.29) is 25.0 Å². The van der Waals surface area contributed by atoms with Crippen molar-refractivity contribution in [3.63, 3.8) is 0 Å². The fraction of sp³-hybridized carbons (Fsp3) is 0.130. The van der Waals surface area contributed by atoms with Crippen LogP contribution in [0.5, 0.6) is 11.5 Å². The Morgan fingerprint density at radius 2 is 1.10 bits per heavy atom. The maximum Gasteiger partial charge on any atom is 0.262 e. The molecule has 0 aliphatic heterocycles. The smallest absolute Gasteiger partial charge is 0.262 e. The van der Waals surface area contributed by atoms with Crippen LogP contribution in [0.3, 0.4) is 0 Å². The van der Waals surface area contributed by atoms with Crippen LogP contribution in [0.25, 0.3) is 0 Å². The van der Waals surface area contributed by atoms with Crippen LogP contribution in [-0.2, 0) is 9.59 Å². The first-order valence-electron chi connectivity index (χ1n) is 9.25. The average Bonchev–Trinajstić information content (AvgIpc) is 2.74. The number of carbonyl (C=O) groups is 2. The monoisotopic (exact) mass is 424 g/mol. The molecule has 0 unspecified atom stereocenters. The Bertz CT molecular complexity index is 905. The van der Waals surface area contributed by atoms with Gasteiger partial charge in [0.15, 0.2) is 13.2 Å². The molecule has 30 heavy (non-hydrogen) atoms. The second kappa shape index (κ2) is 10.3. The van der Waals surface area contributed by atoms with Gasteiger partial charge in [-0.2, -0.15) is 0 Å². The van der Waals surface area contributed by atoms with Crippen molar-refractivity contribution in [2.24, 2.45) is 0 Å². The molecule has 3 aromatic carbocycles. The van der Waals surface area contributed by atoms with Crippen LogP contribution in [0.2, 0.25) is 5.02 Å². The standard InChI is InChI=1S/C23H21ClN2O4/c1-16-2-10-20(11-3-16)29-14-22(27)25-18-6-8-19(9-7-18)26-23(28)15-30-21-12-4-17(24)5-13-21/h2-13H,14-15H2,1H3,(H,25,27)(H,26,28). The van der Waals surface area contributed by atoms with Gasteiger partial charge in [0.2, 0.25) is 0 Å². The fourth-order valence-electron chi connectivity index (χ4n) is 2.49. The van der Waals surface area contributed by atoms with E-state index in [1.54, 1.807) is 48.5 Å². The minimum Gasteiger partial charge on any atom is -0.484 e. The molecule has 2 N–H and O–H groups in total. The van der Waals surface area contributed by atoms with E-state index in [1.165, 1.54) is 0 Å². The highest BCUT2D eigenvalue weighted by Crippen LogP contribution is 2.17. The number of aryl methyl sites for hydroxylation is 1. The van der Waals surface area contributed by atoms with E-state index < -0.39 is 0 Å². The van der Waals surface area contributed by atoms with Gasteiger partial charge in [-0.1, -0.05) is 29.3 Å². The molecule has 6 nitrogen and oxygen atoms in total. The highest BCUT2D eigenvalue weighted by molar-refractivity contribution is 6.30. The Morgan fingerprint density at radius 1 is 0.700 bits per heavy atom. The number of rotatable bonds is 8. The van der Waals surface area contributed by atoms with E-state index in [9.17, 15) is 9.59 Å². The van der Waals surface area contributed by atoms with Crippen molar-refractivity contribution in [2.75, 3.05) is 23.8 Å². The number of anilines is 2. The summed E-state index contributed by atoms with van der Waals surface area (Å²) in [5.41, 5.74) is 2.31. The lowest BCUT2D eigenvalue weighted by Gasteiger charge is -2.10. The number of halogens is 1. The molecule has 0 aliphatic rings. The number of hydrogen-bond acceptors (Lipinski definition) is 4. The zero-order valence-electron chi connectivity index (χ0n) is 16.4. The van der Waals surface area contributed by atoms with Crippen molar-refractivity contribution < 1.29 is 19.1 Å². The van der Waals surface area contributed by atoms with Crippen molar-refractivity contribution in [2.45, 2.75) is 6.92 Å². The summed E-state index contributed by atoms with van der Waals surface area (Å²) in [6.45, 7) is 1.76. The van der Waals surface area contributed by atoms with E-state index in [1.807, 2.05) is 31.2 Å². The van der Waals surface area contributed by atoms with Crippen molar-refractivity contribution in [3.8, 4) is 11.5 Å². The molecule has 0 bridgehead atoms. The summed E-state index contributed by atoms with van der Waals surface area (Å²) in [7, 11) is 0. The van der Waals surface area contributed by atoms with Crippen LogP contribution in [0.4, 0.5) is 11.4 Å². The zero-order valence-corrected chi connectivity index (χ0v) is 17.1. The van der Waals surface area contributed by atoms with Crippen molar-refractivity contribution in [1.29, 1.82) is 0 Å². The summed E-state index contributed by atoms with van der Waals surface area (Å²) in [4.78, 5) is 24.0. The molecule has 0 radical (unpaired) electrons. The number of nitrogens with one attached hydrogen (secondary N) is 2. The molecular formula is C23H21ClN2O4. The quantitative estimate of drug-likeness (QED) is 0.550. The lowest BCUT2D eigenvalue weighted by atomic mass is 10.2. The molecule has 0 fully saturated rings. The van der Waals surface area contributed by atoms with Gasteiger partial charge in [-0.3, -0.25) is 9.59 Å². The van der Waals surface area contributed by atoms with Crippen LogP contribution >= 0.6 is 11.6 Å². The maximum absolute atomic E-state index is 12.0. The molecule has 7 heteroatoms. The second-order valence-electron chi connectivity index (χ2n) is 6.52. The van der Waals surface area contributed by atoms with Crippen LogP contribution in [0.1, 0.15) is 5.56 Å². The average molecular weight is 425 g/mol. The molecule has 0 atom stereocenters. The second-order valence-corrected chi connectivity index (χ2v) is 6.95. The predicted octanol–water partition coefficient (Wildman–Crippen LogP) is 4.68. The van der Waals surface area contributed by atoms with Crippen LogP contribution in [0, 0.1) is 6.92 Å². The molecule has 3 aromatic rings. The van der Waals surface area contributed by atoms with Crippen molar-refractivity contribution in [1.82, 2.24) is 0 Å². The summed E-state index contributed by atoms with van der Waals surface area (Å²) in [6, 6.07) is 21.0. The van der Waals surface area contributed by atoms with E-state index in [0.717, 1.165) is 5.56 Å². The number of benzene rings is 3. The molecular weight excluding hydrogens is 404 g/mol. The lowest BCUT2D eigenvalue weighted by Crippen LogP contribution is -2.21. The number of carbonyl (C=O) groups excluding carboxylic acids is 2. The van der Waals surface area contributed by atoms with Gasteiger partial charge in [0, 0.05) is 16.4 Å². The Morgan fingerprint density at radius 3 is 1.53 bits per heavy atom. The summed E-state index contributed by atoms with van der Waals surface area (Å²) in [5.74, 6) is 0.618. The Kier molecular flexibility index (Phi) is 7.29. The molecule has 0 spiro atoms. The maximum atomic E-state index is 12.0. The number of hydrogen-bond donors (Lipinski definition) is 2. The van der Waals surface area contributed by atoms with Gasteiger partial charge in [0.1, 0.15) is 11.5 Å².